The van der Waals surface area contributed by atoms with Gasteiger partial charge in [-0.3, -0.25) is 4.90 Å². The molecule has 1 aliphatic rings. The molecule has 25 heavy (non-hydrogen) atoms. The summed E-state index contributed by atoms with van der Waals surface area (Å²) in [7, 11) is 0. The van der Waals surface area contributed by atoms with Gasteiger partial charge in [0.05, 0.1) is 6.54 Å². The standard InChI is InChI=1S/C20H34N4S/c1-4-21-20(23-15-19-8-7-13-25-19)22-14-17-9-11-18(12-10-17)16-24(5-2)6-3/h9-12,19H,4-8,13-16H2,1-3H3,(H2,21,22,23). The van der Waals surface area contributed by atoms with E-state index in [1.165, 1.54) is 29.7 Å². The Bertz CT molecular complexity index is 505. The predicted octanol–water partition coefficient (Wildman–Crippen LogP) is 3.48. The SMILES string of the molecule is CCNC(=NCc1ccc(CN(CC)CC)cc1)NCC1CCCS1. The normalized spacial score (nSPS) is 17.9. The van der Waals surface area contributed by atoms with Crippen LogP contribution in [0.3, 0.4) is 0 Å². The number of hydrogen-bond donors (Lipinski definition) is 2. The molecule has 1 aliphatic heterocycles. The molecule has 0 spiro atoms. The zero-order chi connectivity index (χ0) is 17.9. The second-order valence-corrected chi connectivity index (χ2v) is 7.90. The number of aliphatic imine (C=N–C) groups is 1. The van der Waals surface area contributed by atoms with Gasteiger partial charge in [0.1, 0.15) is 0 Å². The molecule has 140 valence electrons. The Morgan fingerprint density at radius 1 is 1.12 bits per heavy atom. The van der Waals surface area contributed by atoms with Gasteiger partial charge in [0.25, 0.3) is 0 Å². The number of thioether (sulfide) groups is 1. The van der Waals surface area contributed by atoms with Crippen molar-refractivity contribution >= 4 is 17.7 Å². The van der Waals surface area contributed by atoms with Crippen molar-refractivity contribution in [2.45, 2.75) is 52.0 Å². The number of benzene rings is 1. The van der Waals surface area contributed by atoms with Crippen molar-refractivity contribution in [3.8, 4) is 0 Å². The molecule has 0 saturated carbocycles. The highest BCUT2D eigenvalue weighted by Crippen LogP contribution is 2.25. The minimum Gasteiger partial charge on any atom is -0.357 e. The highest BCUT2D eigenvalue weighted by atomic mass is 32.2. The third-order valence-electron chi connectivity index (χ3n) is 4.61. The molecule has 5 heteroatoms. The molecule has 1 heterocycles. The van der Waals surface area contributed by atoms with E-state index in [1.807, 2.05) is 0 Å². The fraction of sp³-hybridized carbons (Fsp3) is 0.650. The van der Waals surface area contributed by atoms with E-state index in [0.29, 0.717) is 0 Å². The first kappa shape index (κ1) is 20.1. The first-order chi connectivity index (χ1) is 12.2. The molecular formula is C20H34N4S. The molecule has 1 unspecified atom stereocenters. The Labute approximate surface area is 157 Å². The second kappa shape index (κ2) is 11.4. The highest BCUT2D eigenvalue weighted by molar-refractivity contribution is 8.00. The summed E-state index contributed by atoms with van der Waals surface area (Å²) in [5, 5.41) is 7.59. The third-order valence-corrected chi connectivity index (χ3v) is 6.01. The number of rotatable bonds is 9. The lowest BCUT2D eigenvalue weighted by Gasteiger charge is -2.18. The quantitative estimate of drug-likeness (QED) is 0.521. The third kappa shape index (κ3) is 7.28. The van der Waals surface area contributed by atoms with Crippen LogP contribution in [0.15, 0.2) is 29.3 Å². The van der Waals surface area contributed by atoms with E-state index in [4.69, 9.17) is 4.99 Å². The Morgan fingerprint density at radius 3 is 2.44 bits per heavy atom. The van der Waals surface area contributed by atoms with Crippen molar-refractivity contribution in [2.24, 2.45) is 4.99 Å². The van der Waals surface area contributed by atoms with Crippen LogP contribution in [0.2, 0.25) is 0 Å². The molecular weight excluding hydrogens is 328 g/mol. The van der Waals surface area contributed by atoms with Crippen LogP contribution in [0.5, 0.6) is 0 Å². The second-order valence-electron chi connectivity index (χ2n) is 6.49. The number of nitrogens with one attached hydrogen (secondary N) is 2. The van der Waals surface area contributed by atoms with Crippen LogP contribution >= 0.6 is 11.8 Å². The summed E-state index contributed by atoms with van der Waals surface area (Å²) in [6.07, 6.45) is 2.68. The van der Waals surface area contributed by atoms with Crippen molar-refractivity contribution in [3.63, 3.8) is 0 Å². The molecule has 0 bridgehead atoms. The molecule has 1 aromatic carbocycles. The lowest BCUT2D eigenvalue weighted by molar-refractivity contribution is 0.296. The van der Waals surface area contributed by atoms with Crippen LogP contribution in [-0.4, -0.2) is 48.0 Å². The molecule has 1 atom stereocenters. The van der Waals surface area contributed by atoms with Crippen molar-refractivity contribution in [3.05, 3.63) is 35.4 Å². The van der Waals surface area contributed by atoms with E-state index >= 15 is 0 Å². The molecule has 1 aromatic rings. The molecule has 0 radical (unpaired) electrons. The Balaban J connectivity index is 1.85. The number of hydrogen-bond acceptors (Lipinski definition) is 3. The fourth-order valence-electron chi connectivity index (χ4n) is 2.98. The molecule has 4 nitrogen and oxygen atoms in total. The maximum atomic E-state index is 4.74. The largest absolute Gasteiger partial charge is 0.357 e. The molecule has 2 rings (SSSR count). The van der Waals surface area contributed by atoms with Gasteiger partial charge in [-0.25, -0.2) is 4.99 Å². The van der Waals surface area contributed by atoms with Gasteiger partial charge in [-0.1, -0.05) is 38.1 Å². The lowest BCUT2D eigenvalue weighted by Crippen LogP contribution is -2.40. The van der Waals surface area contributed by atoms with Gasteiger partial charge in [0.15, 0.2) is 5.96 Å². The number of nitrogens with zero attached hydrogens (tertiary/aromatic N) is 2. The van der Waals surface area contributed by atoms with E-state index < -0.39 is 0 Å². The zero-order valence-electron chi connectivity index (χ0n) is 16.1. The zero-order valence-corrected chi connectivity index (χ0v) is 16.9. The molecule has 1 fully saturated rings. The first-order valence-corrected chi connectivity index (χ1v) is 10.7. The van der Waals surface area contributed by atoms with Crippen LogP contribution in [0.25, 0.3) is 0 Å². The van der Waals surface area contributed by atoms with Gasteiger partial charge in [-0.2, -0.15) is 11.8 Å². The minimum atomic E-state index is 0.721. The summed E-state index contributed by atoms with van der Waals surface area (Å²) < 4.78 is 0. The van der Waals surface area contributed by atoms with Gasteiger partial charge in [0, 0.05) is 24.9 Å². The molecule has 0 aliphatic carbocycles. The van der Waals surface area contributed by atoms with E-state index in [0.717, 1.165) is 50.5 Å². The maximum absolute atomic E-state index is 4.74. The van der Waals surface area contributed by atoms with Crippen LogP contribution in [0.1, 0.15) is 44.7 Å². The van der Waals surface area contributed by atoms with Crippen LogP contribution in [0.4, 0.5) is 0 Å². The Morgan fingerprint density at radius 2 is 1.84 bits per heavy atom. The van der Waals surface area contributed by atoms with Crippen LogP contribution < -0.4 is 10.6 Å². The summed E-state index contributed by atoms with van der Waals surface area (Å²) in [6, 6.07) is 8.88. The minimum absolute atomic E-state index is 0.721. The highest BCUT2D eigenvalue weighted by Gasteiger charge is 2.15. The maximum Gasteiger partial charge on any atom is 0.191 e. The van der Waals surface area contributed by atoms with E-state index in [2.05, 4.69) is 72.3 Å². The molecule has 0 amide bonds. The topological polar surface area (TPSA) is 39.7 Å². The van der Waals surface area contributed by atoms with E-state index in [9.17, 15) is 0 Å². The summed E-state index contributed by atoms with van der Waals surface area (Å²) in [4.78, 5) is 7.17. The van der Waals surface area contributed by atoms with E-state index in [-0.39, 0.29) is 0 Å². The van der Waals surface area contributed by atoms with Crippen LogP contribution in [-0.2, 0) is 13.1 Å². The summed E-state index contributed by atoms with van der Waals surface area (Å²) in [5.74, 6) is 2.24. The first-order valence-electron chi connectivity index (χ1n) is 9.69. The molecule has 0 aromatic heterocycles. The van der Waals surface area contributed by atoms with Crippen molar-refractivity contribution in [1.82, 2.24) is 15.5 Å². The van der Waals surface area contributed by atoms with Gasteiger partial charge < -0.3 is 10.6 Å². The van der Waals surface area contributed by atoms with Crippen molar-refractivity contribution in [2.75, 3.05) is 31.9 Å². The van der Waals surface area contributed by atoms with Crippen molar-refractivity contribution in [1.29, 1.82) is 0 Å². The monoisotopic (exact) mass is 362 g/mol. The Hall–Kier alpha value is -1.20. The fourth-order valence-corrected chi connectivity index (χ4v) is 4.18. The smallest absolute Gasteiger partial charge is 0.191 e. The van der Waals surface area contributed by atoms with Crippen LogP contribution in [0, 0.1) is 0 Å². The van der Waals surface area contributed by atoms with E-state index in [1.54, 1.807) is 0 Å². The lowest BCUT2D eigenvalue weighted by atomic mass is 10.1. The van der Waals surface area contributed by atoms with Gasteiger partial charge in [-0.05, 0) is 49.7 Å². The average Bonchev–Trinajstić information content (AvgIpc) is 3.16. The van der Waals surface area contributed by atoms with Gasteiger partial charge in [0.2, 0.25) is 0 Å². The summed E-state index contributed by atoms with van der Waals surface area (Å²) in [6.45, 7) is 12.4. The average molecular weight is 363 g/mol. The molecule has 2 N–H and O–H groups in total. The summed E-state index contributed by atoms with van der Waals surface area (Å²) in [5.41, 5.74) is 2.63. The van der Waals surface area contributed by atoms with Gasteiger partial charge >= 0.3 is 0 Å². The van der Waals surface area contributed by atoms with Crippen molar-refractivity contribution < 1.29 is 0 Å². The summed E-state index contributed by atoms with van der Waals surface area (Å²) >= 11 is 2.08. The predicted molar refractivity (Wildman–Crippen MR) is 111 cm³/mol. The molecule has 1 saturated heterocycles. The number of guanidine groups is 1. The Kier molecular flexibility index (Phi) is 9.19. The van der Waals surface area contributed by atoms with Gasteiger partial charge in [-0.15, -0.1) is 0 Å².